The first-order chi connectivity index (χ1) is 13.7. The number of aryl methyl sites for hydroxylation is 2. The summed E-state index contributed by atoms with van der Waals surface area (Å²) in [4.78, 5) is 0. The van der Waals surface area contributed by atoms with Crippen molar-refractivity contribution in [2.45, 2.75) is 58.3 Å². The van der Waals surface area contributed by atoms with Crippen molar-refractivity contribution in [2.75, 3.05) is 0 Å². The van der Waals surface area contributed by atoms with Gasteiger partial charge in [0.2, 0.25) is 0 Å². The molecule has 0 nitrogen and oxygen atoms in total. The Balaban J connectivity index is 1.46. The van der Waals surface area contributed by atoms with Gasteiger partial charge in [-0.3, -0.25) is 0 Å². The van der Waals surface area contributed by atoms with E-state index in [0.29, 0.717) is 0 Å². The molecule has 3 aromatic carbocycles. The van der Waals surface area contributed by atoms with Crippen LogP contribution in [-0.4, -0.2) is 0 Å². The molecule has 1 aliphatic rings. The van der Waals surface area contributed by atoms with Gasteiger partial charge in [-0.15, -0.1) is 11.3 Å². The third kappa shape index (κ3) is 3.26. The zero-order valence-corrected chi connectivity index (χ0v) is 17.7. The highest BCUT2D eigenvalue weighted by Crippen LogP contribution is 2.38. The van der Waals surface area contributed by atoms with E-state index >= 15 is 0 Å². The lowest BCUT2D eigenvalue weighted by atomic mass is 9.84. The molecular formula is C27H28S. The van der Waals surface area contributed by atoms with Crippen LogP contribution in [0.25, 0.3) is 20.2 Å². The Morgan fingerprint density at radius 3 is 2.29 bits per heavy atom. The maximum atomic E-state index is 2.43. The molecule has 5 rings (SSSR count). The maximum Gasteiger partial charge on any atom is 0.0384 e. The summed E-state index contributed by atoms with van der Waals surface area (Å²) in [7, 11) is 0. The Morgan fingerprint density at radius 2 is 1.50 bits per heavy atom. The van der Waals surface area contributed by atoms with Gasteiger partial charge < -0.3 is 0 Å². The Labute approximate surface area is 172 Å². The third-order valence-electron chi connectivity index (χ3n) is 6.51. The SMILES string of the molecule is Cc1cccc2c1sc1c(C)cc(Cc3ccc(C4CCCCC4)cc3)cc12. The van der Waals surface area contributed by atoms with Crippen molar-refractivity contribution in [3.05, 3.63) is 82.4 Å². The zero-order valence-electron chi connectivity index (χ0n) is 16.9. The fraction of sp³-hybridized carbons (Fsp3) is 0.333. The van der Waals surface area contributed by atoms with E-state index in [0.717, 1.165) is 12.3 Å². The van der Waals surface area contributed by atoms with E-state index < -0.39 is 0 Å². The number of rotatable bonds is 3. The van der Waals surface area contributed by atoms with Crippen LogP contribution in [0.4, 0.5) is 0 Å². The van der Waals surface area contributed by atoms with E-state index in [4.69, 9.17) is 0 Å². The van der Waals surface area contributed by atoms with E-state index in [2.05, 4.69) is 68.4 Å². The number of thiophene rings is 1. The smallest absolute Gasteiger partial charge is 0.0384 e. The predicted octanol–water partition coefficient (Wildman–Crippen LogP) is 8.31. The van der Waals surface area contributed by atoms with Gasteiger partial charge in [-0.25, -0.2) is 0 Å². The summed E-state index contributed by atoms with van der Waals surface area (Å²) in [5, 5.41) is 2.84. The molecule has 1 heterocycles. The third-order valence-corrected chi connectivity index (χ3v) is 8.00. The largest absolute Gasteiger partial charge is 0.135 e. The molecule has 0 radical (unpaired) electrons. The molecule has 0 amide bonds. The zero-order chi connectivity index (χ0) is 19.1. The van der Waals surface area contributed by atoms with Crippen molar-refractivity contribution in [2.24, 2.45) is 0 Å². The molecule has 0 saturated heterocycles. The number of fused-ring (bicyclic) bond motifs is 3. The highest BCUT2D eigenvalue weighted by atomic mass is 32.1. The Bertz CT molecular complexity index is 1120. The van der Waals surface area contributed by atoms with Crippen LogP contribution in [0.1, 0.15) is 65.8 Å². The summed E-state index contributed by atoms with van der Waals surface area (Å²) in [5.74, 6) is 0.793. The number of hydrogen-bond donors (Lipinski definition) is 0. The van der Waals surface area contributed by atoms with Crippen LogP contribution < -0.4 is 0 Å². The highest BCUT2D eigenvalue weighted by Gasteiger charge is 2.15. The molecule has 1 saturated carbocycles. The van der Waals surface area contributed by atoms with Gasteiger partial charge in [0, 0.05) is 20.2 Å². The minimum absolute atomic E-state index is 0.793. The molecular weight excluding hydrogens is 356 g/mol. The summed E-state index contributed by atoms with van der Waals surface area (Å²) in [6, 6.07) is 21.0. The minimum Gasteiger partial charge on any atom is -0.135 e. The van der Waals surface area contributed by atoms with Gasteiger partial charge in [-0.05, 0) is 72.9 Å². The number of hydrogen-bond acceptors (Lipinski definition) is 1. The van der Waals surface area contributed by atoms with Gasteiger partial charge in [0.25, 0.3) is 0 Å². The molecule has 0 bridgehead atoms. The average molecular weight is 385 g/mol. The quantitative estimate of drug-likeness (QED) is 0.333. The molecule has 0 spiro atoms. The van der Waals surface area contributed by atoms with E-state index in [1.54, 1.807) is 5.56 Å². The number of benzene rings is 3. The van der Waals surface area contributed by atoms with Crippen molar-refractivity contribution in [1.82, 2.24) is 0 Å². The second-order valence-corrected chi connectivity index (χ2v) is 9.62. The van der Waals surface area contributed by atoms with Crippen LogP contribution in [0.2, 0.25) is 0 Å². The first kappa shape index (κ1) is 17.9. The van der Waals surface area contributed by atoms with Gasteiger partial charge in [-0.1, -0.05) is 67.8 Å². The highest BCUT2D eigenvalue weighted by molar-refractivity contribution is 7.26. The Morgan fingerprint density at radius 1 is 0.750 bits per heavy atom. The Hall–Kier alpha value is -2.12. The maximum absolute atomic E-state index is 2.43. The monoisotopic (exact) mass is 384 g/mol. The summed E-state index contributed by atoms with van der Waals surface area (Å²) in [6.07, 6.45) is 8.00. The van der Waals surface area contributed by atoms with Crippen LogP contribution in [0.5, 0.6) is 0 Å². The molecule has 1 fully saturated rings. The molecule has 0 unspecified atom stereocenters. The molecule has 1 aliphatic carbocycles. The summed E-state index contributed by atoms with van der Waals surface area (Å²) < 4.78 is 2.88. The van der Waals surface area contributed by atoms with Crippen molar-refractivity contribution in [3.8, 4) is 0 Å². The van der Waals surface area contributed by atoms with E-state index in [1.165, 1.54) is 74.5 Å². The van der Waals surface area contributed by atoms with Crippen LogP contribution in [0.3, 0.4) is 0 Å². The van der Waals surface area contributed by atoms with Gasteiger partial charge in [0.15, 0.2) is 0 Å². The average Bonchev–Trinajstić information content (AvgIpc) is 3.10. The Kier molecular flexibility index (Phi) is 4.72. The lowest BCUT2D eigenvalue weighted by molar-refractivity contribution is 0.443. The molecule has 0 atom stereocenters. The fourth-order valence-corrected chi connectivity index (χ4v) is 6.19. The lowest BCUT2D eigenvalue weighted by Crippen LogP contribution is -2.04. The van der Waals surface area contributed by atoms with Crippen LogP contribution in [0.15, 0.2) is 54.6 Å². The van der Waals surface area contributed by atoms with Crippen molar-refractivity contribution < 1.29 is 0 Å². The van der Waals surface area contributed by atoms with Gasteiger partial charge >= 0.3 is 0 Å². The molecule has 0 aliphatic heterocycles. The van der Waals surface area contributed by atoms with Gasteiger partial charge in [0.05, 0.1) is 0 Å². The minimum atomic E-state index is 0.793. The van der Waals surface area contributed by atoms with Crippen molar-refractivity contribution in [3.63, 3.8) is 0 Å². The molecule has 142 valence electrons. The lowest BCUT2D eigenvalue weighted by Gasteiger charge is -2.22. The molecule has 1 heteroatoms. The molecule has 1 aromatic heterocycles. The van der Waals surface area contributed by atoms with E-state index in [1.807, 2.05) is 11.3 Å². The molecule has 4 aromatic rings. The van der Waals surface area contributed by atoms with E-state index in [9.17, 15) is 0 Å². The fourth-order valence-electron chi connectivity index (χ4n) is 4.97. The second-order valence-electron chi connectivity index (χ2n) is 8.60. The summed E-state index contributed by atoms with van der Waals surface area (Å²) in [6.45, 7) is 4.49. The molecule has 0 N–H and O–H groups in total. The van der Waals surface area contributed by atoms with Crippen molar-refractivity contribution >= 4 is 31.5 Å². The van der Waals surface area contributed by atoms with Crippen LogP contribution in [-0.2, 0) is 6.42 Å². The van der Waals surface area contributed by atoms with Crippen LogP contribution >= 0.6 is 11.3 Å². The summed E-state index contributed by atoms with van der Waals surface area (Å²) in [5.41, 5.74) is 7.20. The standard InChI is InChI=1S/C27H28S/c1-18-7-6-10-24-25-17-21(15-19(2)27(25)28-26(18)24)16-20-11-13-23(14-12-20)22-8-4-3-5-9-22/h6-7,10-15,17,22H,3-5,8-9,16H2,1-2H3. The predicted molar refractivity (Wildman–Crippen MR) is 124 cm³/mol. The van der Waals surface area contributed by atoms with E-state index in [-0.39, 0.29) is 0 Å². The van der Waals surface area contributed by atoms with Crippen LogP contribution in [0, 0.1) is 13.8 Å². The summed E-state index contributed by atoms with van der Waals surface area (Å²) >= 11 is 1.95. The van der Waals surface area contributed by atoms with Gasteiger partial charge in [0.1, 0.15) is 0 Å². The first-order valence-electron chi connectivity index (χ1n) is 10.7. The first-order valence-corrected chi connectivity index (χ1v) is 11.5. The molecule has 28 heavy (non-hydrogen) atoms. The van der Waals surface area contributed by atoms with Gasteiger partial charge in [-0.2, -0.15) is 0 Å². The van der Waals surface area contributed by atoms with Crippen molar-refractivity contribution in [1.29, 1.82) is 0 Å². The topological polar surface area (TPSA) is 0 Å². The second kappa shape index (κ2) is 7.37. The normalized spacial score (nSPS) is 15.5.